The van der Waals surface area contributed by atoms with Crippen molar-refractivity contribution in [3.05, 3.63) is 29.8 Å². The molecule has 1 aliphatic carbocycles. The molecule has 0 aliphatic heterocycles. The first-order valence-electron chi connectivity index (χ1n) is 6.48. The van der Waals surface area contributed by atoms with Crippen LogP contribution >= 0.6 is 11.6 Å². The normalized spacial score (nSPS) is 30.9. The van der Waals surface area contributed by atoms with Crippen molar-refractivity contribution < 1.29 is 9.47 Å². The highest BCUT2D eigenvalue weighted by molar-refractivity contribution is 6.21. The summed E-state index contributed by atoms with van der Waals surface area (Å²) in [6.07, 6.45) is 2.29. The minimum atomic E-state index is 0.125. The van der Waals surface area contributed by atoms with E-state index in [1.54, 1.807) is 7.11 Å². The summed E-state index contributed by atoms with van der Waals surface area (Å²) in [6.45, 7) is 5.02. The van der Waals surface area contributed by atoms with Gasteiger partial charge in [-0.15, -0.1) is 11.6 Å². The molecule has 0 heterocycles. The Morgan fingerprint density at radius 1 is 1.44 bits per heavy atom. The van der Waals surface area contributed by atoms with Gasteiger partial charge in [-0.1, -0.05) is 26.0 Å². The number of alkyl halides is 1. The van der Waals surface area contributed by atoms with Gasteiger partial charge in [-0.3, -0.25) is 0 Å². The molecule has 18 heavy (non-hydrogen) atoms. The zero-order valence-electron chi connectivity index (χ0n) is 11.3. The lowest BCUT2D eigenvalue weighted by Gasteiger charge is -2.50. The molecule has 2 nitrogen and oxygen atoms in total. The minimum absolute atomic E-state index is 0.125. The monoisotopic (exact) mass is 268 g/mol. The fraction of sp³-hybridized carbons (Fsp3) is 0.600. The van der Waals surface area contributed by atoms with Crippen LogP contribution in [0.5, 0.6) is 5.75 Å². The molecule has 0 aromatic heterocycles. The third-order valence-electron chi connectivity index (χ3n) is 4.22. The molecular weight excluding hydrogens is 248 g/mol. The Morgan fingerprint density at radius 3 is 2.83 bits per heavy atom. The van der Waals surface area contributed by atoms with Gasteiger partial charge in [-0.05, 0) is 30.5 Å². The summed E-state index contributed by atoms with van der Waals surface area (Å²) in [4.78, 5) is 0. The van der Waals surface area contributed by atoms with E-state index in [2.05, 4.69) is 19.9 Å². The van der Waals surface area contributed by atoms with Gasteiger partial charge in [0.25, 0.3) is 0 Å². The lowest BCUT2D eigenvalue weighted by atomic mass is 9.65. The van der Waals surface area contributed by atoms with Crippen LogP contribution in [0.1, 0.15) is 32.3 Å². The van der Waals surface area contributed by atoms with Gasteiger partial charge < -0.3 is 9.47 Å². The Bertz CT molecular complexity index is 407. The predicted octanol–water partition coefficient (Wildman–Crippen LogP) is 4.01. The molecule has 3 heteroatoms. The number of hydrogen-bond acceptors (Lipinski definition) is 2. The Kier molecular flexibility index (Phi) is 4.18. The van der Waals surface area contributed by atoms with Crippen LogP contribution in [0.4, 0.5) is 0 Å². The van der Waals surface area contributed by atoms with Crippen LogP contribution in [0.3, 0.4) is 0 Å². The lowest BCUT2D eigenvalue weighted by molar-refractivity contribution is -0.108. The highest BCUT2D eigenvalue weighted by Gasteiger charge is 2.50. The molecule has 1 fully saturated rings. The first-order valence-corrected chi connectivity index (χ1v) is 6.92. The minimum Gasteiger partial charge on any atom is -0.497 e. The van der Waals surface area contributed by atoms with E-state index < -0.39 is 0 Å². The van der Waals surface area contributed by atoms with Crippen molar-refractivity contribution in [2.75, 3.05) is 7.11 Å². The summed E-state index contributed by atoms with van der Waals surface area (Å²) in [5.74, 6) is 0.873. The molecular formula is C15H21ClO2. The molecule has 0 N–H and O–H groups in total. The Labute approximate surface area is 114 Å². The molecule has 0 radical (unpaired) electrons. The zero-order chi connectivity index (χ0) is 13.2. The maximum atomic E-state index is 6.28. The maximum Gasteiger partial charge on any atom is 0.119 e. The maximum absolute atomic E-state index is 6.28. The summed E-state index contributed by atoms with van der Waals surface area (Å²) < 4.78 is 11.2. The van der Waals surface area contributed by atoms with E-state index in [4.69, 9.17) is 21.1 Å². The number of benzene rings is 1. The molecule has 2 rings (SSSR count). The summed E-state index contributed by atoms with van der Waals surface area (Å²) in [6, 6.07) is 8.00. The molecule has 100 valence electrons. The van der Waals surface area contributed by atoms with Crippen molar-refractivity contribution in [2.24, 2.45) is 5.41 Å². The topological polar surface area (TPSA) is 18.5 Å². The molecule has 1 aliphatic rings. The number of ether oxygens (including phenoxy) is 2. The van der Waals surface area contributed by atoms with Gasteiger partial charge in [0.05, 0.1) is 19.8 Å². The molecule has 0 spiro atoms. The third-order valence-corrected chi connectivity index (χ3v) is 4.90. The predicted molar refractivity (Wildman–Crippen MR) is 74.2 cm³/mol. The Morgan fingerprint density at radius 2 is 2.22 bits per heavy atom. The van der Waals surface area contributed by atoms with E-state index in [0.717, 1.165) is 24.2 Å². The van der Waals surface area contributed by atoms with Crippen molar-refractivity contribution in [3.8, 4) is 5.75 Å². The van der Waals surface area contributed by atoms with Gasteiger partial charge in [-0.25, -0.2) is 0 Å². The molecule has 0 saturated heterocycles. The van der Waals surface area contributed by atoms with Crippen LogP contribution < -0.4 is 4.74 Å². The number of rotatable bonds is 5. The van der Waals surface area contributed by atoms with Gasteiger partial charge >= 0.3 is 0 Å². The third kappa shape index (κ3) is 2.50. The molecule has 0 bridgehead atoms. The van der Waals surface area contributed by atoms with Crippen LogP contribution in [0.15, 0.2) is 24.3 Å². The quantitative estimate of drug-likeness (QED) is 0.752. The molecule has 3 atom stereocenters. The van der Waals surface area contributed by atoms with Crippen LogP contribution in [-0.4, -0.2) is 18.6 Å². The Hall–Kier alpha value is -0.730. The van der Waals surface area contributed by atoms with Crippen LogP contribution in [0, 0.1) is 5.41 Å². The molecule has 1 aromatic carbocycles. The number of halogens is 1. The van der Waals surface area contributed by atoms with Crippen LogP contribution in [-0.2, 0) is 11.3 Å². The van der Waals surface area contributed by atoms with Gasteiger partial charge in [0.2, 0.25) is 0 Å². The van der Waals surface area contributed by atoms with Crippen molar-refractivity contribution in [2.45, 2.75) is 44.8 Å². The molecule has 0 amide bonds. The van der Waals surface area contributed by atoms with Crippen molar-refractivity contribution in [1.82, 2.24) is 0 Å². The summed E-state index contributed by atoms with van der Waals surface area (Å²) in [5, 5.41) is 0.248. The van der Waals surface area contributed by atoms with Crippen molar-refractivity contribution >= 4 is 11.6 Å². The number of hydrogen-bond donors (Lipinski definition) is 0. The van der Waals surface area contributed by atoms with Crippen LogP contribution in [0.25, 0.3) is 0 Å². The average molecular weight is 269 g/mol. The smallest absolute Gasteiger partial charge is 0.119 e. The fourth-order valence-corrected chi connectivity index (χ4v) is 2.89. The van der Waals surface area contributed by atoms with E-state index in [-0.39, 0.29) is 16.9 Å². The van der Waals surface area contributed by atoms with Crippen molar-refractivity contribution in [3.63, 3.8) is 0 Å². The lowest BCUT2D eigenvalue weighted by Crippen LogP contribution is -2.53. The second-order valence-electron chi connectivity index (χ2n) is 5.21. The molecule has 3 unspecified atom stereocenters. The standard InChI is InChI=1S/C15H21ClO2/c1-4-15(2)13(16)9-14(15)18-10-11-6-5-7-12(8-11)17-3/h5-8,13-14H,4,9-10H2,1-3H3. The summed E-state index contributed by atoms with van der Waals surface area (Å²) >= 11 is 6.28. The Balaban J connectivity index is 1.92. The molecule has 1 aromatic rings. The summed E-state index contributed by atoms with van der Waals surface area (Å²) in [5.41, 5.74) is 1.27. The fourth-order valence-electron chi connectivity index (χ4n) is 2.43. The van der Waals surface area contributed by atoms with Gasteiger partial charge in [0, 0.05) is 10.8 Å². The van der Waals surface area contributed by atoms with Crippen LogP contribution in [0.2, 0.25) is 0 Å². The highest BCUT2D eigenvalue weighted by atomic mass is 35.5. The van der Waals surface area contributed by atoms with Gasteiger partial charge in [0.1, 0.15) is 5.75 Å². The second kappa shape index (κ2) is 5.50. The number of methoxy groups -OCH3 is 1. The first kappa shape index (κ1) is 13.7. The van der Waals surface area contributed by atoms with E-state index in [1.165, 1.54) is 0 Å². The van der Waals surface area contributed by atoms with E-state index in [0.29, 0.717) is 6.61 Å². The van der Waals surface area contributed by atoms with E-state index >= 15 is 0 Å². The first-order chi connectivity index (χ1) is 8.60. The SMILES string of the molecule is CCC1(C)C(Cl)CC1OCc1cccc(OC)c1. The second-order valence-corrected chi connectivity index (χ2v) is 5.74. The van der Waals surface area contributed by atoms with Gasteiger partial charge in [0.15, 0.2) is 0 Å². The van der Waals surface area contributed by atoms with E-state index in [1.807, 2.05) is 18.2 Å². The zero-order valence-corrected chi connectivity index (χ0v) is 12.0. The summed E-state index contributed by atoms with van der Waals surface area (Å²) in [7, 11) is 1.68. The molecule has 1 saturated carbocycles. The van der Waals surface area contributed by atoms with Gasteiger partial charge in [-0.2, -0.15) is 0 Å². The largest absolute Gasteiger partial charge is 0.497 e. The van der Waals surface area contributed by atoms with Crippen molar-refractivity contribution in [1.29, 1.82) is 0 Å². The average Bonchev–Trinajstić information content (AvgIpc) is 2.42. The highest BCUT2D eigenvalue weighted by Crippen LogP contribution is 2.49. The van der Waals surface area contributed by atoms with E-state index in [9.17, 15) is 0 Å².